The first kappa shape index (κ1) is 13.7. The number of nitrogens with one attached hydrogen (secondary N) is 2. The number of carbonyl (C=O) groups is 2. The molecule has 0 bridgehead atoms. The monoisotopic (exact) mass is 273 g/mol. The van der Waals surface area contributed by atoms with Crippen LogP contribution in [0, 0.1) is 5.82 Å². The quantitative estimate of drug-likeness (QED) is 0.902. The number of rotatable bonds is 3. The summed E-state index contributed by atoms with van der Waals surface area (Å²) in [6.45, 7) is 1.34. The molecule has 0 saturated heterocycles. The van der Waals surface area contributed by atoms with E-state index in [4.69, 9.17) is 0 Å². The van der Waals surface area contributed by atoms with E-state index in [2.05, 4.69) is 15.6 Å². The van der Waals surface area contributed by atoms with Gasteiger partial charge in [0, 0.05) is 25.0 Å². The predicted molar refractivity (Wildman–Crippen MR) is 72.9 cm³/mol. The fourth-order valence-electron chi connectivity index (χ4n) is 1.59. The number of pyridine rings is 1. The number of anilines is 2. The third kappa shape index (κ3) is 3.38. The molecule has 0 atom stereocenters. The molecule has 0 fully saturated rings. The first-order chi connectivity index (χ1) is 9.56. The van der Waals surface area contributed by atoms with E-state index in [0.717, 1.165) is 0 Å². The van der Waals surface area contributed by atoms with Crippen LogP contribution in [0.15, 0.2) is 42.7 Å². The van der Waals surface area contributed by atoms with Gasteiger partial charge in [-0.2, -0.15) is 0 Å². The van der Waals surface area contributed by atoms with Crippen molar-refractivity contribution in [3.8, 4) is 0 Å². The summed E-state index contributed by atoms with van der Waals surface area (Å²) in [5.41, 5.74) is 0.710. The molecule has 0 saturated carbocycles. The van der Waals surface area contributed by atoms with Gasteiger partial charge in [-0.25, -0.2) is 4.39 Å². The van der Waals surface area contributed by atoms with Gasteiger partial charge in [0.1, 0.15) is 5.82 Å². The lowest BCUT2D eigenvalue weighted by Gasteiger charge is -2.09. The van der Waals surface area contributed by atoms with Gasteiger partial charge < -0.3 is 10.6 Å². The number of benzene rings is 1. The molecule has 2 aromatic rings. The molecule has 0 radical (unpaired) electrons. The van der Waals surface area contributed by atoms with E-state index in [0.29, 0.717) is 11.3 Å². The lowest BCUT2D eigenvalue weighted by atomic mass is 10.2. The van der Waals surface area contributed by atoms with Gasteiger partial charge in [-0.15, -0.1) is 0 Å². The zero-order chi connectivity index (χ0) is 14.5. The molecule has 0 aliphatic carbocycles. The largest absolute Gasteiger partial charge is 0.326 e. The second kappa shape index (κ2) is 5.92. The van der Waals surface area contributed by atoms with Crippen molar-refractivity contribution in [3.63, 3.8) is 0 Å². The van der Waals surface area contributed by atoms with Crippen LogP contribution in [-0.4, -0.2) is 16.8 Å². The van der Waals surface area contributed by atoms with Gasteiger partial charge in [-0.1, -0.05) is 0 Å². The summed E-state index contributed by atoms with van der Waals surface area (Å²) in [4.78, 5) is 26.7. The maximum atomic E-state index is 13.6. The van der Waals surface area contributed by atoms with Gasteiger partial charge in [0.15, 0.2) is 0 Å². The molecule has 6 heteroatoms. The summed E-state index contributed by atoms with van der Waals surface area (Å²) in [7, 11) is 0. The average molecular weight is 273 g/mol. The topological polar surface area (TPSA) is 71.1 Å². The normalized spacial score (nSPS) is 9.90. The molecule has 102 valence electrons. The Hall–Kier alpha value is -2.76. The van der Waals surface area contributed by atoms with E-state index in [1.807, 2.05) is 0 Å². The average Bonchev–Trinajstić information content (AvgIpc) is 2.43. The molecule has 0 aliphatic rings. The smallest absolute Gasteiger partial charge is 0.257 e. The van der Waals surface area contributed by atoms with Crippen LogP contribution in [0.25, 0.3) is 0 Å². The lowest BCUT2D eigenvalue weighted by Crippen LogP contribution is -2.14. The maximum absolute atomic E-state index is 13.6. The minimum atomic E-state index is -0.587. The zero-order valence-corrected chi connectivity index (χ0v) is 10.7. The van der Waals surface area contributed by atoms with E-state index in [-0.39, 0.29) is 11.6 Å². The summed E-state index contributed by atoms with van der Waals surface area (Å²) < 4.78 is 13.6. The number of amides is 2. The van der Waals surface area contributed by atoms with Crippen molar-refractivity contribution < 1.29 is 14.0 Å². The fraction of sp³-hybridized carbons (Fsp3) is 0.0714. The van der Waals surface area contributed by atoms with Crippen LogP contribution >= 0.6 is 0 Å². The first-order valence-corrected chi connectivity index (χ1v) is 5.85. The molecule has 1 aromatic carbocycles. The van der Waals surface area contributed by atoms with Crippen molar-refractivity contribution >= 4 is 23.2 Å². The Labute approximate surface area is 114 Å². The highest BCUT2D eigenvalue weighted by atomic mass is 19.1. The Balaban J connectivity index is 2.20. The summed E-state index contributed by atoms with van der Waals surface area (Å²) in [6.07, 6.45) is 2.92. The molecule has 2 N–H and O–H groups in total. The van der Waals surface area contributed by atoms with Gasteiger partial charge in [0.05, 0.1) is 11.3 Å². The second-order valence-electron chi connectivity index (χ2n) is 4.07. The fourth-order valence-corrected chi connectivity index (χ4v) is 1.59. The molecule has 1 heterocycles. The standard InChI is InChI=1S/C14H12FN3O2/c1-9(19)17-11-4-5-12(15)13(7-11)18-14(20)10-3-2-6-16-8-10/h2-8H,1H3,(H,17,19)(H,18,20). The highest BCUT2D eigenvalue weighted by Crippen LogP contribution is 2.20. The molecule has 0 unspecified atom stereocenters. The zero-order valence-electron chi connectivity index (χ0n) is 10.7. The summed E-state index contributed by atoms with van der Waals surface area (Å²) in [5.74, 6) is -1.34. The summed E-state index contributed by atoms with van der Waals surface area (Å²) >= 11 is 0. The third-order valence-corrected chi connectivity index (χ3v) is 2.46. The molecular formula is C14H12FN3O2. The number of hydrogen-bond acceptors (Lipinski definition) is 3. The van der Waals surface area contributed by atoms with Gasteiger partial charge >= 0.3 is 0 Å². The molecule has 1 aromatic heterocycles. The minimum absolute atomic E-state index is 0.00916. The van der Waals surface area contributed by atoms with Crippen LogP contribution < -0.4 is 10.6 Å². The predicted octanol–water partition coefficient (Wildman–Crippen LogP) is 2.43. The van der Waals surface area contributed by atoms with Crippen molar-refractivity contribution in [2.45, 2.75) is 6.92 Å². The van der Waals surface area contributed by atoms with Crippen LogP contribution in [0.2, 0.25) is 0 Å². The Morgan fingerprint density at radius 1 is 1.20 bits per heavy atom. The van der Waals surface area contributed by atoms with Crippen LogP contribution in [0.1, 0.15) is 17.3 Å². The molecule has 5 nitrogen and oxygen atoms in total. The molecule has 2 rings (SSSR count). The Bertz CT molecular complexity index is 644. The number of nitrogens with zero attached hydrogens (tertiary/aromatic N) is 1. The Kier molecular flexibility index (Phi) is 4.05. The number of carbonyl (C=O) groups excluding carboxylic acids is 2. The minimum Gasteiger partial charge on any atom is -0.326 e. The van der Waals surface area contributed by atoms with Crippen molar-refractivity contribution in [1.82, 2.24) is 4.98 Å². The second-order valence-corrected chi connectivity index (χ2v) is 4.07. The number of aromatic nitrogens is 1. The van der Waals surface area contributed by atoms with Gasteiger partial charge in [0.2, 0.25) is 5.91 Å². The van der Waals surface area contributed by atoms with Gasteiger partial charge in [-0.05, 0) is 30.3 Å². The molecule has 20 heavy (non-hydrogen) atoms. The molecule has 0 spiro atoms. The number of halogens is 1. The van der Waals surface area contributed by atoms with E-state index in [1.54, 1.807) is 12.1 Å². The molecular weight excluding hydrogens is 261 g/mol. The van der Waals surface area contributed by atoms with Crippen molar-refractivity contribution in [2.75, 3.05) is 10.6 Å². The van der Waals surface area contributed by atoms with E-state index >= 15 is 0 Å². The number of hydrogen-bond donors (Lipinski definition) is 2. The van der Waals surface area contributed by atoms with E-state index in [9.17, 15) is 14.0 Å². The Morgan fingerprint density at radius 2 is 2.00 bits per heavy atom. The molecule has 0 aliphatic heterocycles. The van der Waals surface area contributed by atoms with Gasteiger partial charge in [0.25, 0.3) is 5.91 Å². The summed E-state index contributed by atoms with van der Waals surface area (Å²) in [6, 6.07) is 7.11. The van der Waals surface area contributed by atoms with Crippen LogP contribution in [0.5, 0.6) is 0 Å². The van der Waals surface area contributed by atoms with Crippen molar-refractivity contribution in [2.24, 2.45) is 0 Å². The van der Waals surface area contributed by atoms with Crippen molar-refractivity contribution in [1.29, 1.82) is 0 Å². The van der Waals surface area contributed by atoms with E-state index < -0.39 is 11.7 Å². The van der Waals surface area contributed by atoms with Gasteiger partial charge in [-0.3, -0.25) is 14.6 Å². The highest BCUT2D eigenvalue weighted by Gasteiger charge is 2.10. The van der Waals surface area contributed by atoms with Crippen LogP contribution in [-0.2, 0) is 4.79 Å². The third-order valence-electron chi connectivity index (χ3n) is 2.46. The SMILES string of the molecule is CC(=O)Nc1ccc(F)c(NC(=O)c2cccnc2)c1. The Morgan fingerprint density at radius 3 is 2.65 bits per heavy atom. The summed E-state index contributed by atoms with van der Waals surface area (Å²) in [5, 5.41) is 4.95. The first-order valence-electron chi connectivity index (χ1n) is 5.85. The van der Waals surface area contributed by atoms with Crippen LogP contribution in [0.3, 0.4) is 0 Å². The van der Waals surface area contributed by atoms with E-state index in [1.165, 1.54) is 37.5 Å². The van der Waals surface area contributed by atoms with Crippen LogP contribution in [0.4, 0.5) is 15.8 Å². The highest BCUT2D eigenvalue weighted by molar-refractivity contribution is 6.04. The molecule has 2 amide bonds. The van der Waals surface area contributed by atoms with Crippen molar-refractivity contribution in [3.05, 3.63) is 54.1 Å². The lowest BCUT2D eigenvalue weighted by molar-refractivity contribution is -0.114. The maximum Gasteiger partial charge on any atom is 0.257 e.